The molecule has 4 rings (SSSR count). The van der Waals surface area contributed by atoms with Gasteiger partial charge in [-0.3, -0.25) is 24.6 Å². The fourth-order valence-electron chi connectivity index (χ4n) is 3.55. The minimum absolute atomic E-state index is 0.0249. The number of para-hydroxylation sites is 1. The Balaban J connectivity index is 1.58. The summed E-state index contributed by atoms with van der Waals surface area (Å²) in [6.07, 6.45) is 1.43. The van der Waals surface area contributed by atoms with E-state index < -0.39 is 36.8 Å². The van der Waals surface area contributed by atoms with E-state index in [1.54, 1.807) is 24.3 Å². The zero-order valence-corrected chi connectivity index (χ0v) is 21.2. The summed E-state index contributed by atoms with van der Waals surface area (Å²) in [7, 11) is -3.32. The average molecular weight is 552 g/mol. The van der Waals surface area contributed by atoms with Gasteiger partial charge in [-0.15, -0.1) is 0 Å². The lowest BCUT2D eigenvalue weighted by Crippen LogP contribution is -2.27. The molecule has 0 N–H and O–H groups in total. The molecule has 3 aromatic rings. The lowest BCUT2D eigenvalue weighted by atomic mass is 10.1. The Bertz CT molecular complexity index is 1640. The van der Waals surface area contributed by atoms with Crippen LogP contribution in [0.4, 0.5) is 10.5 Å². The van der Waals surface area contributed by atoms with E-state index in [1.807, 2.05) is 6.07 Å². The summed E-state index contributed by atoms with van der Waals surface area (Å²) in [6, 6.07) is 17.5. The molecule has 11 nitrogen and oxygen atoms in total. The Morgan fingerprint density at radius 2 is 1.79 bits per heavy atom. The molecule has 0 aromatic heterocycles. The maximum absolute atomic E-state index is 12.9. The van der Waals surface area contributed by atoms with Crippen LogP contribution in [0, 0.1) is 21.4 Å². The van der Waals surface area contributed by atoms with Crippen LogP contribution in [-0.2, 0) is 21.5 Å². The monoisotopic (exact) mass is 551 g/mol. The number of benzene rings is 3. The third-order valence-electron chi connectivity index (χ3n) is 5.36. The van der Waals surface area contributed by atoms with Gasteiger partial charge in [-0.05, 0) is 53.2 Å². The minimum Gasteiger partial charge on any atom is -0.493 e. The number of hydrogen-bond acceptors (Lipinski definition) is 10. The first kappa shape index (κ1) is 26.4. The summed E-state index contributed by atoms with van der Waals surface area (Å²) in [5, 5.41) is 20.0. The van der Waals surface area contributed by atoms with Crippen molar-refractivity contribution in [2.75, 3.05) is 7.11 Å². The number of ether oxygens (including phenoxy) is 1. The highest BCUT2D eigenvalue weighted by molar-refractivity contribution is 8.18. The number of methoxy groups -OCH3 is 1. The third-order valence-corrected chi connectivity index (χ3v) is 7.55. The summed E-state index contributed by atoms with van der Waals surface area (Å²) in [6.45, 7) is -0.0642. The van der Waals surface area contributed by atoms with Crippen LogP contribution in [-0.4, -0.2) is 36.5 Å². The highest BCUT2D eigenvalue weighted by Crippen LogP contribution is 2.37. The molecule has 0 radical (unpaired) electrons. The molecule has 1 fully saturated rings. The smallest absolute Gasteiger partial charge is 0.346 e. The first-order chi connectivity index (χ1) is 18.1. The Labute approximate surface area is 221 Å². The molecular formula is C25H17N3O8S2. The number of nitrogens with zero attached hydrogens (tertiary/aromatic N) is 3. The number of carbonyl (C=O) groups excluding carboxylic acids is 2. The van der Waals surface area contributed by atoms with Gasteiger partial charge in [-0.1, -0.05) is 36.4 Å². The third kappa shape index (κ3) is 5.36. The maximum atomic E-state index is 12.9. The van der Waals surface area contributed by atoms with Gasteiger partial charge in [-0.2, -0.15) is 13.7 Å². The standard InChI is InChI=1S/C25H17N3O8S2/c1-35-21-12-16(10-11-20(21)36-38(33,34)23-9-5-4-8-19(23)28(31)32)13-22-24(29)27(25(30)37-22)15-18-7-3-2-6-17(18)14-26/h2-13H,15H2,1H3/b22-13-. The second kappa shape index (κ2) is 10.8. The quantitative estimate of drug-likeness (QED) is 0.169. The number of imide groups is 1. The van der Waals surface area contributed by atoms with E-state index in [1.165, 1.54) is 43.5 Å². The Hall–Kier alpha value is -4.67. The van der Waals surface area contributed by atoms with Crippen LogP contribution in [0.1, 0.15) is 16.7 Å². The van der Waals surface area contributed by atoms with Crippen LogP contribution in [0.3, 0.4) is 0 Å². The molecule has 0 saturated carbocycles. The summed E-state index contributed by atoms with van der Waals surface area (Å²) in [5.41, 5.74) is 0.643. The van der Waals surface area contributed by atoms with E-state index in [2.05, 4.69) is 0 Å². The number of amides is 2. The van der Waals surface area contributed by atoms with E-state index in [0.29, 0.717) is 16.7 Å². The van der Waals surface area contributed by atoms with Crippen molar-refractivity contribution in [1.29, 1.82) is 5.26 Å². The van der Waals surface area contributed by atoms with Crippen molar-refractivity contribution in [3.8, 4) is 17.6 Å². The summed E-state index contributed by atoms with van der Waals surface area (Å²) in [4.78, 5) is 36.4. The van der Waals surface area contributed by atoms with Crippen molar-refractivity contribution in [3.05, 3.63) is 98.4 Å². The van der Waals surface area contributed by atoms with E-state index in [-0.39, 0.29) is 22.9 Å². The molecule has 192 valence electrons. The predicted molar refractivity (Wildman–Crippen MR) is 137 cm³/mol. The largest absolute Gasteiger partial charge is 0.493 e. The van der Waals surface area contributed by atoms with Crippen molar-refractivity contribution < 1.29 is 31.9 Å². The Kier molecular flexibility index (Phi) is 7.47. The molecule has 0 spiro atoms. The SMILES string of the molecule is COc1cc(/C=C2\SC(=O)N(Cc3ccccc3C#N)C2=O)ccc1OS(=O)(=O)c1ccccc1[N+](=O)[O-]. The molecule has 1 aliphatic rings. The topological polar surface area (TPSA) is 157 Å². The number of nitriles is 1. The van der Waals surface area contributed by atoms with Crippen molar-refractivity contribution in [1.82, 2.24) is 4.90 Å². The summed E-state index contributed by atoms with van der Waals surface area (Å²) in [5.74, 6) is -0.807. The number of rotatable bonds is 8. The van der Waals surface area contributed by atoms with Crippen LogP contribution < -0.4 is 8.92 Å². The summed E-state index contributed by atoms with van der Waals surface area (Å²) >= 11 is 0.722. The fraction of sp³-hybridized carbons (Fsp3) is 0.0800. The van der Waals surface area contributed by atoms with Gasteiger partial charge in [0.15, 0.2) is 16.4 Å². The van der Waals surface area contributed by atoms with Gasteiger partial charge in [0.25, 0.3) is 16.8 Å². The number of nitro groups is 1. The van der Waals surface area contributed by atoms with E-state index in [9.17, 15) is 33.4 Å². The van der Waals surface area contributed by atoms with Crippen molar-refractivity contribution in [2.24, 2.45) is 0 Å². The molecule has 0 aliphatic carbocycles. The molecule has 0 unspecified atom stereocenters. The molecule has 1 aliphatic heterocycles. The molecule has 38 heavy (non-hydrogen) atoms. The molecular weight excluding hydrogens is 534 g/mol. The molecule has 2 amide bonds. The van der Waals surface area contributed by atoms with Gasteiger partial charge < -0.3 is 8.92 Å². The number of thioether (sulfide) groups is 1. The van der Waals surface area contributed by atoms with Gasteiger partial charge in [-0.25, -0.2) is 0 Å². The number of carbonyl (C=O) groups is 2. The van der Waals surface area contributed by atoms with Gasteiger partial charge >= 0.3 is 10.1 Å². The summed E-state index contributed by atoms with van der Waals surface area (Å²) < 4.78 is 35.9. The second-order valence-electron chi connectivity index (χ2n) is 7.71. The first-order valence-electron chi connectivity index (χ1n) is 10.7. The molecule has 3 aromatic carbocycles. The van der Waals surface area contributed by atoms with Crippen molar-refractivity contribution in [2.45, 2.75) is 11.4 Å². The molecule has 13 heteroatoms. The second-order valence-corrected chi connectivity index (χ2v) is 10.2. The Morgan fingerprint density at radius 1 is 1.08 bits per heavy atom. The average Bonchev–Trinajstić information content (AvgIpc) is 3.16. The van der Waals surface area contributed by atoms with Gasteiger partial charge in [0.2, 0.25) is 0 Å². The lowest BCUT2D eigenvalue weighted by molar-refractivity contribution is -0.387. The fourth-order valence-corrected chi connectivity index (χ4v) is 5.50. The van der Waals surface area contributed by atoms with Crippen LogP contribution in [0.25, 0.3) is 6.08 Å². The van der Waals surface area contributed by atoms with Gasteiger partial charge in [0.1, 0.15) is 0 Å². The van der Waals surface area contributed by atoms with Crippen LogP contribution in [0.5, 0.6) is 11.5 Å². The van der Waals surface area contributed by atoms with E-state index in [4.69, 9.17) is 8.92 Å². The number of nitro benzene ring substituents is 1. The van der Waals surface area contributed by atoms with Gasteiger partial charge in [0.05, 0.1) is 35.1 Å². The molecule has 1 heterocycles. The zero-order valence-electron chi connectivity index (χ0n) is 19.6. The van der Waals surface area contributed by atoms with Crippen molar-refractivity contribution >= 4 is 44.8 Å². The highest BCUT2D eigenvalue weighted by Gasteiger charge is 2.35. The minimum atomic E-state index is -4.59. The highest BCUT2D eigenvalue weighted by atomic mass is 32.2. The lowest BCUT2D eigenvalue weighted by Gasteiger charge is -2.13. The van der Waals surface area contributed by atoms with E-state index >= 15 is 0 Å². The van der Waals surface area contributed by atoms with Crippen LogP contribution >= 0.6 is 11.8 Å². The Morgan fingerprint density at radius 3 is 2.50 bits per heavy atom. The maximum Gasteiger partial charge on any atom is 0.346 e. The molecule has 0 bridgehead atoms. The van der Waals surface area contributed by atoms with E-state index in [0.717, 1.165) is 28.8 Å². The van der Waals surface area contributed by atoms with Gasteiger partial charge in [0, 0.05) is 6.07 Å². The normalized spacial score (nSPS) is 14.4. The predicted octanol–water partition coefficient (Wildman–Crippen LogP) is 4.48. The molecule has 0 atom stereocenters. The zero-order chi connectivity index (χ0) is 27.4. The van der Waals surface area contributed by atoms with Crippen LogP contribution in [0.15, 0.2) is 76.5 Å². The first-order valence-corrected chi connectivity index (χ1v) is 13.0. The number of hydrogen-bond donors (Lipinski definition) is 0. The molecule has 1 saturated heterocycles. The van der Waals surface area contributed by atoms with Crippen LogP contribution in [0.2, 0.25) is 0 Å². The van der Waals surface area contributed by atoms with Crippen molar-refractivity contribution in [3.63, 3.8) is 0 Å².